The van der Waals surface area contributed by atoms with Gasteiger partial charge in [0.05, 0.1) is 6.42 Å². The minimum atomic E-state index is -0.752. The van der Waals surface area contributed by atoms with Gasteiger partial charge in [0, 0.05) is 13.1 Å². The van der Waals surface area contributed by atoms with E-state index in [2.05, 4.69) is 17.9 Å². The topological polar surface area (TPSA) is 40.5 Å². The standard InChI is InChI=1S/C16H23NO2/c1-2-5-13-8-9-17(11-13)12-15-7-4-3-6-14(15)10-16(18)19/h3-4,6-7,13H,2,5,8-12H2,1H3,(H,18,19). The van der Waals surface area contributed by atoms with Crippen LogP contribution in [0.3, 0.4) is 0 Å². The lowest BCUT2D eigenvalue weighted by Gasteiger charge is -2.18. The molecule has 19 heavy (non-hydrogen) atoms. The summed E-state index contributed by atoms with van der Waals surface area (Å²) in [5, 5.41) is 8.95. The molecule has 1 fully saturated rings. The fourth-order valence-corrected chi connectivity index (χ4v) is 2.99. The number of carboxylic acid groups (broad SMARTS) is 1. The molecule has 0 saturated carbocycles. The molecule has 1 atom stereocenters. The van der Waals surface area contributed by atoms with E-state index in [4.69, 9.17) is 5.11 Å². The second-order valence-corrected chi connectivity index (χ2v) is 5.52. The van der Waals surface area contributed by atoms with Gasteiger partial charge in [-0.25, -0.2) is 0 Å². The predicted molar refractivity (Wildman–Crippen MR) is 76.1 cm³/mol. The molecule has 3 heteroatoms. The molecule has 1 unspecified atom stereocenters. The number of benzene rings is 1. The van der Waals surface area contributed by atoms with E-state index in [1.165, 1.54) is 24.8 Å². The molecule has 0 spiro atoms. The fraction of sp³-hybridized carbons (Fsp3) is 0.562. The molecule has 1 N–H and O–H groups in total. The van der Waals surface area contributed by atoms with Crippen molar-refractivity contribution in [2.24, 2.45) is 5.92 Å². The normalized spacial score (nSPS) is 19.7. The van der Waals surface area contributed by atoms with E-state index in [1.807, 2.05) is 18.2 Å². The zero-order valence-corrected chi connectivity index (χ0v) is 11.6. The van der Waals surface area contributed by atoms with Gasteiger partial charge in [0.15, 0.2) is 0 Å². The first-order valence-electron chi connectivity index (χ1n) is 7.20. The fourth-order valence-electron chi connectivity index (χ4n) is 2.99. The highest BCUT2D eigenvalue weighted by Gasteiger charge is 2.22. The molecule has 0 aliphatic carbocycles. The van der Waals surface area contributed by atoms with Gasteiger partial charge in [-0.15, -0.1) is 0 Å². The number of hydrogen-bond donors (Lipinski definition) is 1. The van der Waals surface area contributed by atoms with Crippen molar-refractivity contribution in [1.29, 1.82) is 0 Å². The Labute approximate surface area is 115 Å². The van der Waals surface area contributed by atoms with Crippen molar-refractivity contribution in [1.82, 2.24) is 4.90 Å². The van der Waals surface area contributed by atoms with Gasteiger partial charge >= 0.3 is 5.97 Å². The molecule has 2 rings (SSSR count). The summed E-state index contributed by atoms with van der Waals surface area (Å²) >= 11 is 0. The van der Waals surface area contributed by atoms with Crippen LogP contribution in [-0.4, -0.2) is 29.1 Å². The van der Waals surface area contributed by atoms with Gasteiger partial charge in [0.25, 0.3) is 0 Å². The molecule has 1 aromatic carbocycles. The highest BCUT2D eigenvalue weighted by Crippen LogP contribution is 2.23. The lowest BCUT2D eigenvalue weighted by molar-refractivity contribution is -0.136. The Kier molecular flexibility index (Phi) is 4.97. The summed E-state index contributed by atoms with van der Waals surface area (Å²) in [6, 6.07) is 7.92. The van der Waals surface area contributed by atoms with Crippen LogP contribution >= 0.6 is 0 Å². The number of rotatable bonds is 6. The van der Waals surface area contributed by atoms with E-state index in [0.717, 1.165) is 31.1 Å². The number of hydrogen-bond acceptors (Lipinski definition) is 2. The van der Waals surface area contributed by atoms with Crippen LogP contribution in [0.4, 0.5) is 0 Å². The maximum absolute atomic E-state index is 10.9. The largest absolute Gasteiger partial charge is 0.481 e. The molecule has 1 saturated heterocycles. The van der Waals surface area contributed by atoms with Crippen molar-refractivity contribution in [2.75, 3.05) is 13.1 Å². The molecule has 1 aliphatic rings. The zero-order valence-electron chi connectivity index (χ0n) is 11.6. The van der Waals surface area contributed by atoms with Gasteiger partial charge in [-0.05, 0) is 36.4 Å². The van der Waals surface area contributed by atoms with Gasteiger partial charge < -0.3 is 5.11 Å². The van der Waals surface area contributed by atoms with Gasteiger partial charge in [0.2, 0.25) is 0 Å². The quantitative estimate of drug-likeness (QED) is 0.856. The highest BCUT2D eigenvalue weighted by molar-refractivity contribution is 5.70. The Bertz CT molecular complexity index is 431. The molecule has 0 aromatic heterocycles. The Balaban J connectivity index is 1.97. The summed E-state index contributed by atoms with van der Waals surface area (Å²) in [6.45, 7) is 5.44. The number of likely N-dealkylation sites (tertiary alicyclic amines) is 1. The van der Waals surface area contributed by atoms with Crippen LogP contribution in [0.15, 0.2) is 24.3 Å². The monoisotopic (exact) mass is 261 g/mol. The average molecular weight is 261 g/mol. The van der Waals surface area contributed by atoms with Crippen LogP contribution in [0, 0.1) is 5.92 Å². The molecule has 0 bridgehead atoms. The van der Waals surface area contributed by atoms with Crippen molar-refractivity contribution in [2.45, 2.75) is 39.2 Å². The second-order valence-electron chi connectivity index (χ2n) is 5.52. The summed E-state index contributed by atoms with van der Waals surface area (Å²) < 4.78 is 0. The molecule has 3 nitrogen and oxygen atoms in total. The zero-order chi connectivity index (χ0) is 13.7. The third-order valence-corrected chi connectivity index (χ3v) is 3.92. The van der Waals surface area contributed by atoms with Gasteiger partial charge in [-0.3, -0.25) is 9.69 Å². The molecule has 0 radical (unpaired) electrons. The number of carboxylic acids is 1. The van der Waals surface area contributed by atoms with Gasteiger partial charge in [-0.2, -0.15) is 0 Å². The van der Waals surface area contributed by atoms with Crippen LogP contribution in [-0.2, 0) is 17.8 Å². The molecule has 1 aromatic rings. The summed E-state index contributed by atoms with van der Waals surface area (Å²) in [7, 11) is 0. The van der Waals surface area contributed by atoms with E-state index in [9.17, 15) is 4.79 Å². The first-order chi connectivity index (χ1) is 9.19. The van der Waals surface area contributed by atoms with E-state index in [1.54, 1.807) is 0 Å². The second kappa shape index (κ2) is 6.71. The minimum absolute atomic E-state index is 0.127. The lowest BCUT2D eigenvalue weighted by atomic mass is 10.0. The van der Waals surface area contributed by atoms with E-state index >= 15 is 0 Å². The Morgan fingerprint density at radius 3 is 2.79 bits per heavy atom. The van der Waals surface area contributed by atoms with Crippen molar-refractivity contribution in [3.8, 4) is 0 Å². The summed E-state index contributed by atoms with van der Waals surface area (Å²) in [6.07, 6.45) is 3.98. The summed E-state index contributed by atoms with van der Waals surface area (Å²) in [4.78, 5) is 13.3. The molecule has 104 valence electrons. The maximum Gasteiger partial charge on any atom is 0.307 e. The first-order valence-corrected chi connectivity index (χ1v) is 7.20. The summed E-state index contributed by atoms with van der Waals surface area (Å²) in [5.74, 6) is 0.0781. The van der Waals surface area contributed by atoms with Crippen molar-refractivity contribution >= 4 is 5.97 Å². The molecular formula is C16H23NO2. The van der Waals surface area contributed by atoms with Crippen LogP contribution in [0.1, 0.15) is 37.3 Å². The third-order valence-electron chi connectivity index (χ3n) is 3.92. The van der Waals surface area contributed by atoms with Crippen LogP contribution in [0.2, 0.25) is 0 Å². The molecular weight excluding hydrogens is 238 g/mol. The van der Waals surface area contributed by atoms with Crippen LogP contribution in [0.25, 0.3) is 0 Å². The van der Waals surface area contributed by atoms with E-state index in [0.29, 0.717) is 0 Å². The smallest absolute Gasteiger partial charge is 0.307 e. The maximum atomic E-state index is 10.9. The average Bonchev–Trinajstić information content (AvgIpc) is 2.79. The number of aliphatic carboxylic acids is 1. The minimum Gasteiger partial charge on any atom is -0.481 e. The van der Waals surface area contributed by atoms with E-state index < -0.39 is 5.97 Å². The number of carbonyl (C=O) groups is 1. The van der Waals surface area contributed by atoms with E-state index in [-0.39, 0.29) is 6.42 Å². The van der Waals surface area contributed by atoms with Crippen LogP contribution in [0.5, 0.6) is 0 Å². The molecule has 1 heterocycles. The van der Waals surface area contributed by atoms with Crippen molar-refractivity contribution in [3.63, 3.8) is 0 Å². The lowest BCUT2D eigenvalue weighted by Crippen LogP contribution is -2.21. The number of nitrogens with zero attached hydrogens (tertiary/aromatic N) is 1. The Morgan fingerprint density at radius 2 is 2.11 bits per heavy atom. The predicted octanol–water partition coefficient (Wildman–Crippen LogP) is 2.94. The summed E-state index contributed by atoms with van der Waals surface area (Å²) in [5.41, 5.74) is 2.12. The molecule has 1 aliphatic heterocycles. The van der Waals surface area contributed by atoms with Gasteiger partial charge in [0.1, 0.15) is 0 Å². The van der Waals surface area contributed by atoms with Crippen molar-refractivity contribution in [3.05, 3.63) is 35.4 Å². The SMILES string of the molecule is CCCC1CCN(Cc2ccccc2CC(=O)O)C1. The van der Waals surface area contributed by atoms with Crippen LogP contribution < -0.4 is 0 Å². The third kappa shape index (κ3) is 4.06. The Morgan fingerprint density at radius 1 is 1.37 bits per heavy atom. The first kappa shape index (κ1) is 14.1. The Hall–Kier alpha value is -1.35. The van der Waals surface area contributed by atoms with Crippen molar-refractivity contribution < 1.29 is 9.90 Å². The van der Waals surface area contributed by atoms with Gasteiger partial charge in [-0.1, -0.05) is 37.6 Å². The molecule has 0 amide bonds. The highest BCUT2D eigenvalue weighted by atomic mass is 16.4.